The van der Waals surface area contributed by atoms with E-state index < -0.39 is 11.7 Å². The Labute approximate surface area is 127 Å². The second-order valence-corrected chi connectivity index (χ2v) is 5.17. The van der Waals surface area contributed by atoms with Crippen LogP contribution in [0, 0.1) is 5.82 Å². The number of carbonyl (C=O) groups is 2. The van der Waals surface area contributed by atoms with Crippen LogP contribution in [0.4, 0.5) is 10.1 Å². The molecule has 0 radical (unpaired) electrons. The molecule has 0 saturated carbocycles. The summed E-state index contributed by atoms with van der Waals surface area (Å²) in [5, 5.41) is 0. The maximum Gasteiger partial charge on any atom is 0.296 e. The largest absolute Gasteiger partial charge is 0.368 e. The third-order valence-electron chi connectivity index (χ3n) is 3.80. The number of ketones is 1. The van der Waals surface area contributed by atoms with Crippen molar-refractivity contribution in [2.45, 2.75) is 0 Å². The van der Waals surface area contributed by atoms with Crippen LogP contribution >= 0.6 is 0 Å². The standard InChI is InChI=1S/C16H16FN3O2/c17-12-3-5-13(6-4-12)19-8-10-20(11-9-19)16(22)15(21)14-2-1-7-18-14/h1-7,18H,8-11H2. The van der Waals surface area contributed by atoms with Crippen molar-refractivity contribution in [1.82, 2.24) is 9.88 Å². The van der Waals surface area contributed by atoms with Gasteiger partial charge in [0.1, 0.15) is 5.82 Å². The lowest BCUT2D eigenvalue weighted by Crippen LogP contribution is -2.50. The molecule has 1 amide bonds. The molecule has 1 fully saturated rings. The summed E-state index contributed by atoms with van der Waals surface area (Å²) in [4.78, 5) is 30.6. The van der Waals surface area contributed by atoms with Gasteiger partial charge in [-0.3, -0.25) is 9.59 Å². The summed E-state index contributed by atoms with van der Waals surface area (Å²) in [7, 11) is 0. The number of anilines is 1. The quantitative estimate of drug-likeness (QED) is 0.693. The summed E-state index contributed by atoms with van der Waals surface area (Å²) in [5.74, 6) is -1.27. The number of nitrogens with one attached hydrogen (secondary N) is 1. The minimum absolute atomic E-state index is 0.269. The van der Waals surface area contributed by atoms with Crippen LogP contribution in [0.2, 0.25) is 0 Å². The van der Waals surface area contributed by atoms with Gasteiger partial charge in [-0.2, -0.15) is 0 Å². The third kappa shape index (κ3) is 2.86. The number of hydrogen-bond donors (Lipinski definition) is 1. The van der Waals surface area contributed by atoms with E-state index in [2.05, 4.69) is 9.88 Å². The van der Waals surface area contributed by atoms with Crippen molar-refractivity contribution in [2.75, 3.05) is 31.1 Å². The number of hydrogen-bond acceptors (Lipinski definition) is 3. The lowest BCUT2D eigenvalue weighted by atomic mass is 10.2. The van der Waals surface area contributed by atoms with Gasteiger partial charge in [-0.05, 0) is 36.4 Å². The van der Waals surface area contributed by atoms with E-state index in [0.717, 1.165) is 5.69 Å². The molecule has 1 saturated heterocycles. The molecule has 1 aliphatic heterocycles. The van der Waals surface area contributed by atoms with Gasteiger partial charge in [0.2, 0.25) is 0 Å². The maximum absolute atomic E-state index is 12.9. The predicted molar refractivity (Wildman–Crippen MR) is 80.3 cm³/mol. The van der Waals surface area contributed by atoms with E-state index in [0.29, 0.717) is 31.9 Å². The minimum Gasteiger partial charge on any atom is -0.368 e. The van der Waals surface area contributed by atoms with E-state index in [4.69, 9.17) is 0 Å². The number of carbonyl (C=O) groups excluding carboxylic acids is 2. The summed E-state index contributed by atoms with van der Waals surface area (Å²) in [6.45, 7) is 2.19. The molecule has 3 rings (SSSR count). The number of halogens is 1. The Morgan fingerprint density at radius 1 is 1.00 bits per heavy atom. The highest BCUT2D eigenvalue weighted by Gasteiger charge is 2.27. The molecule has 1 aromatic carbocycles. The second kappa shape index (κ2) is 6.01. The lowest BCUT2D eigenvalue weighted by molar-refractivity contribution is -0.126. The molecule has 0 atom stereocenters. The van der Waals surface area contributed by atoms with Gasteiger partial charge in [0.05, 0.1) is 5.69 Å². The first kappa shape index (κ1) is 14.3. The molecule has 22 heavy (non-hydrogen) atoms. The minimum atomic E-state index is -0.514. The van der Waals surface area contributed by atoms with Crippen molar-refractivity contribution in [3.05, 3.63) is 54.1 Å². The maximum atomic E-state index is 12.9. The first-order valence-corrected chi connectivity index (χ1v) is 7.12. The van der Waals surface area contributed by atoms with Crippen LogP contribution in [0.5, 0.6) is 0 Å². The summed E-state index contributed by atoms with van der Waals surface area (Å²) in [6.07, 6.45) is 1.62. The second-order valence-electron chi connectivity index (χ2n) is 5.17. The van der Waals surface area contributed by atoms with Gasteiger partial charge in [-0.1, -0.05) is 0 Å². The summed E-state index contributed by atoms with van der Waals surface area (Å²) in [5.41, 5.74) is 1.23. The van der Waals surface area contributed by atoms with Crippen LogP contribution in [-0.2, 0) is 4.79 Å². The number of H-pyrrole nitrogens is 1. The Morgan fingerprint density at radius 2 is 1.68 bits per heavy atom. The smallest absolute Gasteiger partial charge is 0.296 e. The summed E-state index contributed by atoms with van der Waals surface area (Å²) >= 11 is 0. The van der Waals surface area contributed by atoms with E-state index in [1.165, 1.54) is 12.1 Å². The van der Waals surface area contributed by atoms with Gasteiger partial charge < -0.3 is 14.8 Å². The van der Waals surface area contributed by atoms with Crippen LogP contribution in [0.25, 0.3) is 0 Å². The van der Waals surface area contributed by atoms with Gasteiger partial charge in [-0.25, -0.2) is 4.39 Å². The number of amides is 1. The molecule has 1 aromatic heterocycles. The van der Waals surface area contributed by atoms with Crippen LogP contribution < -0.4 is 4.90 Å². The van der Waals surface area contributed by atoms with E-state index >= 15 is 0 Å². The molecule has 0 spiro atoms. The molecule has 0 aliphatic carbocycles. The third-order valence-corrected chi connectivity index (χ3v) is 3.80. The highest BCUT2D eigenvalue weighted by molar-refractivity contribution is 6.42. The lowest BCUT2D eigenvalue weighted by Gasteiger charge is -2.35. The molecule has 2 aromatic rings. The molecule has 2 heterocycles. The van der Waals surface area contributed by atoms with E-state index in [1.807, 2.05) is 0 Å². The van der Waals surface area contributed by atoms with Crippen molar-refractivity contribution < 1.29 is 14.0 Å². The fraction of sp³-hybridized carbons (Fsp3) is 0.250. The van der Waals surface area contributed by atoms with Gasteiger partial charge in [-0.15, -0.1) is 0 Å². The Hall–Kier alpha value is -2.63. The number of piperazine rings is 1. The van der Waals surface area contributed by atoms with Crippen molar-refractivity contribution in [2.24, 2.45) is 0 Å². The van der Waals surface area contributed by atoms with E-state index in [-0.39, 0.29) is 5.82 Å². The predicted octanol–water partition coefficient (Wildman–Crippen LogP) is 1.69. The number of benzene rings is 1. The molecular weight excluding hydrogens is 285 g/mol. The molecule has 6 heteroatoms. The number of aromatic amines is 1. The molecule has 1 aliphatic rings. The van der Waals surface area contributed by atoms with Crippen LogP contribution in [0.1, 0.15) is 10.5 Å². The van der Waals surface area contributed by atoms with E-state index in [9.17, 15) is 14.0 Å². The van der Waals surface area contributed by atoms with Crippen molar-refractivity contribution in [3.8, 4) is 0 Å². The van der Waals surface area contributed by atoms with E-state index in [1.54, 1.807) is 35.4 Å². The monoisotopic (exact) mass is 301 g/mol. The van der Waals surface area contributed by atoms with Gasteiger partial charge in [0, 0.05) is 38.1 Å². The topological polar surface area (TPSA) is 56.4 Å². The zero-order valence-electron chi connectivity index (χ0n) is 12.0. The normalized spacial score (nSPS) is 15.0. The van der Waals surface area contributed by atoms with Crippen LogP contribution in [-0.4, -0.2) is 47.8 Å². The fourth-order valence-corrected chi connectivity index (χ4v) is 2.55. The zero-order chi connectivity index (χ0) is 15.5. The van der Waals surface area contributed by atoms with Crippen LogP contribution in [0.3, 0.4) is 0 Å². The Morgan fingerprint density at radius 3 is 2.27 bits per heavy atom. The Kier molecular flexibility index (Phi) is 3.91. The molecule has 5 nitrogen and oxygen atoms in total. The molecule has 0 bridgehead atoms. The van der Waals surface area contributed by atoms with Crippen molar-refractivity contribution >= 4 is 17.4 Å². The Bertz CT molecular complexity index is 659. The number of nitrogens with zero attached hydrogens (tertiary/aromatic N) is 2. The molecule has 0 unspecified atom stereocenters. The fourth-order valence-electron chi connectivity index (χ4n) is 2.55. The van der Waals surface area contributed by atoms with Crippen molar-refractivity contribution in [3.63, 3.8) is 0 Å². The first-order chi connectivity index (χ1) is 10.6. The SMILES string of the molecule is O=C(C(=O)N1CCN(c2ccc(F)cc2)CC1)c1ccc[nH]1. The highest BCUT2D eigenvalue weighted by Crippen LogP contribution is 2.17. The molecular formula is C16H16FN3O2. The van der Waals surface area contributed by atoms with Gasteiger partial charge in [0.25, 0.3) is 11.7 Å². The van der Waals surface area contributed by atoms with Gasteiger partial charge >= 0.3 is 0 Å². The zero-order valence-corrected chi connectivity index (χ0v) is 12.0. The van der Waals surface area contributed by atoms with Crippen molar-refractivity contribution in [1.29, 1.82) is 0 Å². The average molecular weight is 301 g/mol. The number of Topliss-reactive ketones (excluding diaryl/α,β-unsaturated/α-hetero) is 1. The Balaban J connectivity index is 1.60. The number of rotatable bonds is 3. The van der Waals surface area contributed by atoms with Crippen LogP contribution in [0.15, 0.2) is 42.6 Å². The molecule has 114 valence electrons. The first-order valence-electron chi connectivity index (χ1n) is 7.12. The average Bonchev–Trinajstić information content (AvgIpc) is 3.09. The molecule has 1 N–H and O–H groups in total. The highest BCUT2D eigenvalue weighted by atomic mass is 19.1. The summed E-state index contributed by atoms with van der Waals surface area (Å²) in [6, 6.07) is 9.55. The number of aromatic nitrogens is 1. The summed E-state index contributed by atoms with van der Waals surface area (Å²) < 4.78 is 12.9. The van der Waals surface area contributed by atoms with Gasteiger partial charge in [0.15, 0.2) is 0 Å².